The van der Waals surface area contributed by atoms with Crippen LogP contribution in [0.5, 0.6) is 0 Å². The first-order chi connectivity index (χ1) is 10.7. The zero-order valence-corrected chi connectivity index (χ0v) is 13.9. The van der Waals surface area contributed by atoms with Crippen LogP contribution in [-0.4, -0.2) is 31.1 Å². The van der Waals surface area contributed by atoms with Gasteiger partial charge in [0.15, 0.2) is 0 Å². The molecule has 22 heavy (non-hydrogen) atoms. The molecule has 3 heteroatoms. The van der Waals surface area contributed by atoms with Gasteiger partial charge >= 0.3 is 0 Å². The summed E-state index contributed by atoms with van der Waals surface area (Å²) < 4.78 is 0. The predicted octanol–water partition coefficient (Wildman–Crippen LogP) is 4.22. The summed E-state index contributed by atoms with van der Waals surface area (Å²) in [6.45, 7) is 7.63. The fourth-order valence-electron chi connectivity index (χ4n) is 2.95. The molecule has 2 nitrogen and oxygen atoms in total. The van der Waals surface area contributed by atoms with Crippen molar-refractivity contribution in [3.05, 3.63) is 64.7 Å². The van der Waals surface area contributed by atoms with Crippen LogP contribution in [-0.2, 0) is 13.0 Å². The standard InChI is InChI=1S/C19H23ClN2/c1-2-16-3-5-17(6-4-16)15-21-11-13-22(14-12-21)19-9-7-18(20)8-10-19/h3-10H,2,11-15H2,1H3. The molecular weight excluding hydrogens is 292 g/mol. The van der Waals surface area contributed by atoms with E-state index < -0.39 is 0 Å². The van der Waals surface area contributed by atoms with Crippen molar-refractivity contribution in [1.29, 1.82) is 0 Å². The van der Waals surface area contributed by atoms with Crippen LogP contribution >= 0.6 is 11.6 Å². The largest absolute Gasteiger partial charge is 0.369 e. The van der Waals surface area contributed by atoms with Gasteiger partial charge in [-0.3, -0.25) is 4.90 Å². The molecule has 0 aromatic heterocycles. The third-order valence-electron chi connectivity index (χ3n) is 4.40. The Morgan fingerprint density at radius 1 is 0.818 bits per heavy atom. The van der Waals surface area contributed by atoms with Crippen molar-refractivity contribution in [3.8, 4) is 0 Å². The normalized spacial score (nSPS) is 16.0. The number of rotatable bonds is 4. The van der Waals surface area contributed by atoms with Crippen LogP contribution in [0.3, 0.4) is 0 Å². The Hall–Kier alpha value is -1.51. The van der Waals surface area contributed by atoms with E-state index in [9.17, 15) is 0 Å². The molecule has 0 bridgehead atoms. The number of halogens is 1. The number of hydrogen-bond acceptors (Lipinski definition) is 2. The van der Waals surface area contributed by atoms with Gasteiger partial charge in [-0.25, -0.2) is 0 Å². The molecule has 0 spiro atoms. The molecule has 0 radical (unpaired) electrons. The first-order valence-corrected chi connectivity index (χ1v) is 8.43. The summed E-state index contributed by atoms with van der Waals surface area (Å²) in [6, 6.07) is 17.2. The molecule has 2 aromatic rings. The van der Waals surface area contributed by atoms with Gasteiger partial charge in [0.25, 0.3) is 0 Å². The zero-order valence-electron chi connectivity index (χ0n) is 13.1. The number of piperazine rings is 1. The maximum absolute atomic E-state index is 5.96. The van der Waals surface area contributed by atoms with E-state index in [1.807, 2.05) is 12.1 Å². The Bertz CT molecular complexity index is 584. The van der Waals surface area contributed by atoms with Crippen LogP contribution in [0, 0.1) is 0 Å². The SMILES string of the molecule is CCc1ccc(CN2CCN(c3ccc(Cl)cc3)CC2)cc1. The van der Waals surface area contributed by atoms with Gasteiger partial charge in [-0.1, -0.05) is 42.8 Å². The Kier molecular flexibility index (Phi) is 5.01. The van der Waals surface area contributed by atoms with Crippen LogP contribution in [0.2, 0.25) is 5.02 Å². The Balaban J connectivity index is 1.53. The van der Waals surface area contributed by atoms with Gasteiger partial charge in [-0.05, 0) is 41.8 Å². The lowest BCUT2D eigenvalue weighted by Crippen LogP contribution is -2.45. The van der Waals surface area contributed by atoms with Crippen molar-refractivity contribution in [3.63, 3.8) is 0 Å². The Labute approximate surface area is 138 Å². The van der Waals surface area contributed by atoms with Crippen LogP contribution in [0.25, 0.3) is 0 Å². The first kappa shape index (κ1) is 15.4. The minimum absolute atomic E-state index is 0.804. The number of benzene rings is 2. The molecule has 0 unspecified atom stereocenters. The number of aryl methyl sites for hydroxylation is 1. The summed E-state index contributed by atoms with van der Waals surface area (Å²) in [6.07, 6.45) is 1.11. The van der Waals surface area contributed by atoms with Crippen molar-refractivity contribution in [2.45, 2.75) is 19.9 Å². The van der Waals surface area contributed by atoms with Crippen LogP contribution in [0.4, 0.5) is 5.69 Å². The van der Waals surface area contributed by atoms with Gasteiger partial charge in [-0.2, -0.15) is 0 Å². The molecule has 0 atom stereocenters. The van der Waals surface area contributed by atoms with Crippen LogP contribution in [0.15, 0.2) is 48.5 Å². The second kappa shape index (κ2) is 7.17. The van der Waals surface area contributed by atoms with Gasteiger partial charge in [-0.15, -0.1) is 0 Å². The molecule has 1 saturated heterocycles. The van der Waals surface area contributed by atoms with E-state index in [1.54, 1.807) is 0 Å². The monoisotopic (exact) mass is 314 g/mol. The van der Waals surface area contributed by atoms with E-state index in [0.717, 1.165) is 44.2 Å². The summed E-state index contributed by atoms with van der Waals surface area (Å²) in [5.74, 6) is 0. The van der Waals surface area contributed by atoms with Crippen molar-refractivity contribution < 1.29 is 0 Å². The van der Waals surface area contributed by atoms with Gasteiger partial charge in [0, 0.05) is 43.4 Å². The molecule has 1 fully saturated rings. The fourth-order valence-corrected chi connectivity index (χ4v) is 3.08. The number of nitrogens with zero attached hydrogens (tertiary/aromatic N) is 2. The minimum atomic E-state index is 0.804. The van der Waals surface area contributed by atoms with E-state index in [4.69, 9.17) is 11.6 Å². The molecule has 0 amide bonds. The summed E-state index contributed by atoms with van der Waals surface area (Å²) in [5, 5.41) is 0.804. The van der Waals surface area contributed by atoms with Crippen LogP contribution < -0.4 is 4.90 Å². The lowest BCUT2D eigenvalue weighted by molar-refractivity contribution is 0.250. The molecule has 0 saturated carbocycles. The van der Waals surface area contributed by atoms with Crippen molar-refractivity contribution in [1.82, 2.24) is 4.90 Å². The highest BCUT2D eigenvalue weighted by molar-refractivity contribution is 6.30. The Morgan fingerprint density at radius 3 is 2.00 bits per heavy atom. The lowest BCUT2D eigenvalue weighted by Gasteiger charge is -2.36. The summed E-state index contributed by atoms with van der Waals surface area (Å²) in [4.78, 5) is 4.97. The molecule has 0 N–H and O–H groups in total. The smallest absolute Gasteiger partial charge is 0.0407 e. The average Bonchev–Trinajstić information content (AvgIpc) is 2.57. The molecule has 1 aliphatic heterocycles. The van der Waals surface area contributed by atoms with Crippen molar-refractivity contribution in [2.75, 3.05) is 31.1 Å². The Morgan fingerprint density at radius 2 is 1.41 bits per heavy atom. The number of anilines is 1. The molecule has 0 aliphatic carbocycles. The highest BCUT2D eigenvalue weighted by atomic mass is 35.5. The topological polar surface area (TPSA) is 6.48 Å². The molecule has 116 valence electrons. The van der Waals surface area contributed by atoms with Crippen LogP contribution in [0.1, 0.15) is 18.1 Å². The maximum Gasteiger partial charge on any atom is 0.0407 e. The highest BCUT2D eigenvalue weighted by Crippen LogP contribution is 2.20. The summed E-state index contributed by atoms with van der Waals surface area (Å²) in [5.41, 5.74) is 4.10. The molecule has 2 aromatic carbocycles. The molecular formula is C19H23ClN2. The van der Waals surface area contributed by atoms with Gasteiger partial charge < -0.3 is 4.90 Å². The highest BCUT2D eigenvalue weighted by Gasteiger charge is 2.17. The lowest BCUT2D eigenvalue weighted by atomic mass is 10.1. The van der Waals surface area contributed by atoms with E-state index >= 15 is 0 Å². The minimum Gasteiger partial charge on any atom is -0.369 e. The van der Waals surface area contributed by atoms with Crippen molar-refractivity contribution >= 4 is 17.3 Å². The molecule has 3 rings (SSSR count). The number of hydrogen-bond donors (Lipinski definition) is 0. The van der Waals surface area contributed by atoms with Gasteiger partial charge in [0.2, 0.25) is 0 Å². The average molecular weight is 315 g/mol. The third kappa shape index (κ3) is 3.82. The second-order valence-corrected chi connectivity index (χ2v) is 6.35. The molecule has 1 aliphatic rings. The van der Waals surface area contributed by atoms with E-state index in [0.29, 0.717) is 0 Å². The molecule has 1 heterocycles. The third-order valence-corrected chi connectivity index (χ3v) is 4.65. The summed E-state index contributed by atoms with van der Waals surface area (Å²) >= 11 is 5.96. The second-order valence-electron chi connectivity index (χ2n) is 5.91. The zero-order chi connectivity index (χ0) is 15.4. The van der Waals surface area contributed by atoms with E-state index in [-0.39, 0.29) is 0 Å². The van der Waals surface area contributed by atoms with E-state index in [2.05, 4.69) is 53.1 Å². The van der Waals surface area contributed by atoms with E-state index in [1.165, 1.54) is 16.8 Å². The fraction of sp³-hybridized carbons (Fsp3) is 0.368. The quantitative estimate of drug-likeness (QED) is 0.833. The predicted molar refractivity (Wildman–Crippen MR) is 94.8 cm³/mol. The summed E-state index contributed by atoms with van der Waals surface area (Å²) in [7, 11) is 0. The van der Waals surface area contributed by atoms with Gasteiger partial charge in [0.1, 0.15) is 0 Å². The van der Waals surface area contributed by atoms with Crippen molar-refractivity contribution in [2.24, 2.45) is 0 Å². The first-order valence-electron chi connectivity index (χ1n) is 8.05. The maximum atomic E-state index is 5.96. The van der Waals surface area contributed by atoms with Gasteiger partial charge in [0.05, 0.1) is 0 Å².